The molecule has 3 atom stereocenters. The van der Waals surface area contributed by atoms with Gasteiger partial charge in [0.15, 0.2) is 0 Å². The quantitative estimate of drug-likeness (QED) is 0.359. The summed E-state index contributed by atoms with van der Waals surface area (Å²) in [6.45, 7) is 3.72. The first kappa shape index (κ1) is 28.4. The molecule has 38 heavy (non-hydrogen) atoms. The van der Waals surface area contributed by atoms with Gasteiger partial charge in [0, 0.05) is 49.0 Å². The summed E-state index contributed by atoms with van der Waals surface area (Å²) in [6, 6.07) is 14.9. The van der Waals surface area contributed by atoms with Crippen molar-refractivity contribution in [1.29, 1.82) is 0 Å². The number of hydrogen-bond acceptors (Lipinski definition) is 6. The number of aliphatic hydroxyl groups is 2. The van der Waals surface area contributed by atoms with E-state index in [-0.39, 0.29) is 19.2 Å². The molecule has 1 aromatic heterocycles. The van der Waals surface area contributed by atoms with Gasteiger partial charge < -0.3 is 19.8 Å². The third-order valence-corrected chi connectivity index (χ3v) is 6.89. The normalized spacial score (nSPS) is 18.3. The third-order valence-electron chi connectivity index (χ3n) is 6.33. The SMILES string of the molecule is C[C@H](O)COc1ccc(N2CCN(C[C@@H](O)c3ccc(C(F)(F)F)nc3)C[C@H]2c2ccc(Cl)cc2)c(Cl)c1. The number of benzene rings is 2. The fourth-order valence-electron chi connectivity index (χ4n) is 4.41. The van der Waals surface area contributed by atoms with E-state index in [2.05, 4.69) is 14.8 Å². The lowest BCUT2D eigenvalue weighted by molar-refractivity contribution is -0.141. The van der Waals surface area contributed by atoms with Crippen molar-refractivity contribution in [3.8, 4) is 5.75 Å². The first-order valence-electron chi connectivity index (χ1n) is 12.1. The van der Waals surface area contributed by atoms with Crippen LogP contribution in [0.25, 0.3) is 0 Å². The Kier molecular flexibility index (Phi) is 9.05. The van der Waals surface area contributed by atoms with Crippen LogP contribution >= 0.6 is 23.2 Å². The second-order valence-corrected chi connectivity index (χ2v) is 10.1. The van der Waals surface area contributed by atoms with Crippen molar-refractivity contribution in [2.75, 3.05) is 37.7 Å². The maximum absolute atomic E-state index is 12.8. The number of halogens is 5. The standard InChI is InChI=1S/C27H28Cl2F3N3O3/c1-17(36)16-38-21-7-8-23(22(29)12-21)35-11-10-34(14-24(35)18-2-5-20(28)6-3-18)15-25(37)19-4-9-26(33-13-19)27(30,31)32/h2-9,12-13,17,24-25,36-37H,10-11,14-16H2,1H3/t17-,24-,25+/m0/s1. The van der Waals surface area contributed by atoms with Gasteiger partial charge in [-0.05, 0) is 42.8 Å². The Morgan fingerprint density at radius 1 is 1.05 bits per heavy atom. The molecule has 0 amide bonds. The molecule has 2 aromatic carbocycles. The number of piperazine rings is 1. The molecule has 0 aliphatic carbocycles. The van der Waals surface area contributed by atoms with Crippen LogP contribution in [0, 0.1) is 0 Å². The van der Waals surface area contributed by atoms with Gasteiger partial charge in [0.25, 0.3) is 0 Å². The Morgan fingerprint density at radius 2 is 1.79 bits per heavy atom. The lowest BCUT2D eigenvalue weighted by Gasteiger charge is -2.44. The Bertz CT molecular complexity index is 1210. The summed E-state index contributed by atoms with van der Waals surface area (Å²) in [5, 5.41) is 21.3. The highest BCUT2D eigenvalue weighted by atomic mass is 35.5. The Balaban J connectivity index is 1.52. The van der Waals surface area contributed by atoms with Crippen LogP contribution in [0.5, 0.6) is 5.75 Å². The number of β-amino-alcohol motifs (C(OH)–C–C–N with tert-alkyl or cyclic N) is 1. The predicted octanol–water partition coefficient (Wildman–Crippen LogP) is 5.76. The smallest absolute Gasteiger partial charge is 0.433 e. The van der Waals surface area contributed by atoms with Crippen LogP contribution in [0.4, 0.5) is 18.9 Å². The average molecular weight is 570 g/mol. The van der Waals surface area contributed by atoms with E-state index in [4.69, 9.17) is 27.9 Å². The van der Waals surface area contributed by atoms with Crippen LogP contribution in [-0.2, 0) is 6.18 Å². The van der Waals surface area contributed by atoms with Gasteiger partial charge in [0.05, 0.1) is 29.0 Å². The van der Waals surface area contributed by atoms with E-state index in [1.807, 2.05) is 30.3 Å². The highest BCUT2D eigenvalue weighted by Crippen LogP contribution is 2.38. The number of aliphatic hydroxyl groups excluding tert-OH is 2. The molecule has 0 saturated carbocycles. The van der Waals surface area contributed by atoms with Gasteiger partial charge in [0.1, 0.15) is 18.1 Å². The molecule has 0 radical (unpaired) electrons. The summed E-state index contributed by atoms with van der Waals surface area (Å²) in [7, 11) is 0. The van der Waals surface area contributed by atoms with Crippen molar-refractivity contribution in [1.82, 2.24) is 9.88 Å². The average Bonchev–Trinajstić information content (AvgIpc) is 2.88. The highest BCUT2D eigenvalue weighted by Gasteiger charge is 2.33. The minimum Gasteiger partial charge on any atom is -0.491 e. The molecule has 11 heteroatoms. The van der Waals surface area contributed by atoms with Gasteiger partial charge in [-0.3, -0.25) is 9.88 Å². The zero-order valence-electron chi connectivity index (χ0n) is 20.6. The van der Waals surface area contributed by atoms with Crippen LogP contribution < -0.4 is 9.64 Å². The Hall–Kier alpha value is -2.56. The zero-order valence-corrected chi connectivity index (χ0v) is 22.1. The molecule has 4 rings (SSSR count). The van der Waals surface area contributed by atoms with E-state index < -0.39 is 24.1 Å². The molecular formula is C27H28Cl2F3N3O3. The number of hydrogen-bond donors (Lipinski definition) is 2. The van der Waals surface area contributed by atoms with Crippen molar-refractivity contribution in [2.45, 2.75) is 31.3 Å². The lowest BCUT2D eigenvalue weighted by atomic mass is 10.0. The first-order chi connectivity index (χ1) is 18.0. The van der Waals surface area contributed by atoms with Gasteiger partial charge >= 0.3 is 6.18 Å². The van der Waals surface area contributed by atoms with Gasteiger partial charge in [-0.25, -0.2) is 0 Å². The van der Waals surface area contributed by atoms with E-state index in [0.29, 0.717) is 41.0 Å². The molecule has 2 N–H and O–H groups in total. The van der Waals surface area contributed by atoms with Crippen molar-refractivity contribution >= 4 is 28.9 Å². The van der Waals surface area contributed by atoms with Crippen molar-refractivity contribution < 1.29 is 28.1 Å². The molecule has 1 fully saturated rings. The summed E-state index contributed by atoms with van der Waals surface area (Å²) in [4.78, 5) is 7.70. The van der Waals surface area contributed by atoms with Gasteiger partial charge in [-0.1, -0.05) is 41.4 Å². The van der Waals surface area contributed by atoms with E-state index >= 15 is 0 Å². The fraction of sp³-hybridized carbons (Fsp3) is 0.370. The number of anilines is 1. The number of ether oxygens (including phenoxy) is 1. The molecule has 2 heterocycles. The Morgan fingerprint density at radius 3 is 2.39 bits per heavy atom. The van der Waals surface area contributed by atoms with Gasteiger partial charge in [-0.15, -0.1) is 0 Å². The number of alkyl halides is 3. The molecule has 0 spiro atoms. The van der Waals surface area contributed by atoms with Crippen molar-refractivity contribution in [2.24, 2.45) is 0 Å². The maximum atomic E-state index is 12.8. The summed E-state index contributed by atoms with van der Waals surface area (Å²) in [5.74, 6) is 0.551. The second kappa shape index (κ2) is 12.1. The number of aromatic nitrogens is 1. The molecule has 1 saturated heterocycles. The molecule has 1 aliphatic rings. The monoisotopic (exact) mass is 569 g/mol. The van der Waals surface area contributed by atoms with Crippen molar-refractivity contribution in [3.05, 3.63) is 87.7 Å². The Labute approximate surface area is 229 Å². The van der Waals surface area contributed by atoms with Crippen molar-refractivity contribution in [3.63, 3.8) is 0 Å². The summed E-state index contributed by atoms with van der Waals surface area (Å²) in [5.41, 5.74) is 1.13. The van der Waals surface area contributed by atoms with E-state index in [1.54, 1.807) is 19.1 Å². The van der Waals surface area contributed by atoms with E-state index in [0.717, 1.165) is 23.5 Å². The molecular weight excluding hydrogens is 542 g/mol. The molecule has 6 nitrogen and oxygen atoms in total. The van der Waals surface area contributed by atoms with E-state index in [9.17, 15) is 23.4 Å². The summed E-state index contributed by atoms with van der Waals surface area (Å²) >= 11 is 12.8. The topological polar surface area (TPSA) is 69.1 Å². The van der Waals surface area contributed by atoms with E-state index in [1.165, 1.54) is 6.07 Å². The molecule has 204 valence electrons. The van der Waals surface area contributed by atoms with Crippen LogP contribution in [0.1, 0.15) is 35.9 Å². The minimum atomic E-state index is -4.53. The molecule has 1 aliphatic heterocycles. The second-order valence-electron chi connectivity index (χ2n) is 9.28. The van der Waals surface area contributed by atoms with Crippen LogP contribution in [0.15, 0.2) is 60.8 Å². The zero-order chi connectivity index (χ0) is 27.4. The largest absolute Gasteiger partial charge is 0.491 e. The maximum Gasteiger partial charge on any atom is 0.433 e. The summed E-state index contributed by atoms with van der Waals surface area (Å²) in [6.07, 6.45) is -5.07. The van der Waals surface area contributed by atoms with Gasteiger partial charge in [-0.2, -0.15) is 13.2 Å². The number of pyridine rings is 1. The molecule has 0 unspecified atom stereocenters. The van der Waals surface area contributed by atoms with Gasteiger partial charge in [0.2, 0.25) is 0 Å². The molecule has 3 aromatic rings. The third kappa shape index (κ3) is 7.09. The van der Waals surface area contributed by atoms with Crippen LogP contribution in [-0.4, -0.2) is 59.0 Å². The molecule has 0 bridgehead atoms. The van der Waals surface area contributed by atoms with Crippen LogP contribution in [0.2, 0.25) is 10.0 Å². The predicted molar refractivity (Wildman–Crippen MR) is 141 cm³/mol. The highest BCUT2D eigenvalue weighted by molar-refractivity contribution is 6.33. The lowest BCUT2D eigenvalue weighted by Crippen LogP contribution is -2.49. The fourth-order valence-corrected chi connectivity index (χ4v) is 4.82. The number of rotatable bonds is 8. The van der Waals surface area contributed by atoms with Crippen LogP contribution in [0.3, 0.4) is 0 Å². The first-order valence-corrected chi connectivity index (χ1v) is 12.8. The minimum absolute atomic E-state index is 0.138. The number of nitrogens with zero attached hydrogens (tertiary/aromatic N) is 3. The summed E-state index contributed by atoms with van der Waals surface area (Å²) < 4.78 is 44.1.